The minimum absolute atomic E-state index is 0. The van der Waals surface area contributed by atoms with Gasteiger partial charge in [-0.25, -0.2) is 13.1 Å². The van der Waals surface area contributed by atoms with Gasteiger partial charge in [-0.05, 0) is 36.4 Å². The van der Waals surface area contributed by atoms with E-state index in [0.717, 1.165) is 0 Å². The molecule has 0 fully saturated rings. The van der Waals surface area contributed by atoms with Gasteiger partial charge in [0, 0.05) is 23.1 Å². The third-order valence-electron chi connectivity index (χ3n) is 2.86. The van der Waals surface area contributed by atoms with Crippen LogP contribution in [-0.4, -0.2) is 21.5 Å². The van der Waals surface area contributed by atoms with Crippen molar-refractivity contribution in [3.05, 3.63) is 52.0 Å². The summed E-state index contributed by atoms with van der Waals surface area (Å²) >= 11 is 11.8. The van der Waals surface area contributed by atoms with Crippen LogP contribution in [-0.2, 0) is 10.0 Å². The molecule has 0 amide bonds. The molecular formula is C15H14Cl3N3O3S. The third kappa shape index (κ3) is 5.75. The van der Waals surface area contributed by atoms with E-state index in [1.807, 2.05) is 6.07 Å². The fourth-order valence-corrected chi connectivity index (χ4v) is 3.56. The van der Waals surface area contributed by atoms with Crippen LogP contribution in [0.4, 0.5) is 0 Å². The summed E-state index contributed by atoms with van der Waals surface area (Å²) in [5, 5.41) is 9.68. The van der Waals surface area contributed by atoms with Crippen molar-refractivity contribution in [2.75, 3.05) is 13.1 Å². The lowest BCUT2D eigenvalue weighted by molar-refractivity contribution is 0.466. The maximum absolute atomic E-state index is 12.4. The molecule has 134 valence electrons. The summed E-state index contributed by atoms with van der Waals surface area (Å²) in [7, 11) is -3.90. The van der Waals surface area contributed by atoms with Crippen LogP contribution in [0.1, 0.15) is 5.56 Å². The first-order valence-electron chi connectivity index (χ1n) is 6.73. The van der Waals surface area contributed by atoms with E-state index in [2.05, 4.69) is 4.72 Å². The summed E-state index contributed by atoms with van der Waals surface area (Å²) in [4.78, 5) is -0.175. The molecule has 0 saturated carbocycles. The van der Waals surface area contributed by atoms with E-state index < -0.39 is 10.0 Å². The first-order valence-corrected chi connectivity index (χ1v) is 8.97. The van der Waals surface area contributed by atoms with Crippen molar-refractivity contribution in [3.63, 3.8) is 0 Å². The van der Waals surface area contributed by atoms with E-state index in [4.69, 9.17) is 38.9 Å². The van der Waals surface area contributed by atoms with Gasteiger partial charge in [-0.3, -0.25) is 0 Å². The number of nitrogens with two attached hydrogens (primary N) is 1. The predicted molar refractivity (Wildman–Crippen MR) is 99.2 cm³/mol. The first-order chi connectivity index (χ1) is 11.4. The molecule has 2 aromatic carbocycles. The van der Waals surface area contributed by atoms with Gasteiger partial charge in [0.1, 0.15) is 16.4 Å². The lowest BCUT2D eigenvalue weighted by atomic mass is 10.2. The van der Waals surface area contributed by atoms with Crippen LogP contribution in [0.5, 0.6) is 11.5 Å². The Morgan fingerprint density at radius 2 is 1.80 bits per heavy atom. The molecule has 2 aromatic rings. The van der Waals surface area contributed by atoms with Crippen molar-refractivity contribution in [2.24, 2.45) is 5.73 Å². The van der Waals surface area contributed by atoms with Crippen LogP contribution in [0, 0.1) is 11.3 Å². The number of benzene rings is 2. The molecule has 0 bridgehead atoms. The van der Waals surface area contributed by atoms with Crippen molar-refractivity contribution in [1.82, 2.24) is 4.72 Å². The van der Waals surface area contributed by atoms with Gasteiger partial charge in [0.25, 0.3) is 0 Å². The topological polar surface area (TPSA) is 105 Å². The normalized spacial score (nSPS) is 10.6. The van der Waals surface area contributed by atoms with Crippen molar-refractivity contribution >= 4 is 45.6 Å². The first kappa shape index (κ1) is 21.5. The fourth-order valence-electron chi connectivity index (χ4n) is 1.86. The highest BCUT2D eigenvalue weighted by molar-refractivity contribution is 7.89. The SMILES string of the molecule is Cl.N#Cc1ccc(Oc2cc(Cl)cc(Cl)c2)c(S(=O)(=O)NCCN)c1. The van der Waals surface area contributed by atoms with Gasteiger partial charge in [-0.15, -0.1) is 12.4 Å². The Labute approximate surface area is 161 Å². The molecule has 0 heterocycles. The summed E-state index contributed by atoms with van der Waals surface area (Å²) in [5.74, 6) is 0.310. The molecule has 2 rings (SSSR count). The number of nitriles is 1. The smallest absolute Gasteiger partial charge is 0.244 e. The molecule has 10 heteroatoms. The van der Waals surface area contributed by atoms with Gasteiger partial charge in [0.15, 0.2) is 0 Å². The molecular weight excluding hydrogens is 409 g/mol. The minimum atomic E-state index is -3.90. The van der Waals surface area contributed by atoms with E-state index in [-0.39, 0.29) is 47.5 Å². The monoisotopic (exact) mass is 421 g/mol. The second kappa shape index (κ2) is 9.25. The van der Waals surface area contributed by atoms with Crippen LogP contribution < -0.4 is 15.2 Å². The van der Waals surface area contributed by atoms with Crippen LogP contribution in [0.15, 0.2) is 41.3 Å². The molecule has 25 heavy (non-hydrogen) atoms. The number of ether oxygens (including phenoxy) is 1. The van der Waals surface area contributed by atoms with E-state index in [1.54, 1.807) is 0 Å². The number of halogens is 3. The number of hydrogen-bond donors (Lipinski definition) is 2. The van der Waals surface area contributed by atoms with Gasteiger partial charge < -0.3 is 10.5 Å². The van der Waals surface area contributed by atoms with E-state index in [0.29, 0.717) is 10.0 Å². The fraction of sp³-hybridized carbons (Fsp3) is 0.133. The predicted octanol–water partition coefficient (Wildman–Crippen LogP) is 3.32. The molecule has 3 N–H and O–H groups in total. The number of rotatable bonds is 6. The minimum Gasteiger partial charge on any atom is -0.456 e. The number of sulfonamides is 1. The van der Waals surface area contributed by atoms with Crippen LogP contribution in [0.25, 0.3) is 0 Å². The van der Waals surface area contributed by atoms with E-state index in [9.17, 15) is 8.42 Å². The van der Waals surface area contributed by atoms with Gasteiger partial charge in [0.2, 0.25) is 10.0 Å². The van der Waals surface area contributed by atoms with E-state index >= 15 is 0 Å². The average molecular weight is 423 g/mol. The Morgan fingerprint density at radius 1 is 1.16 bits per heavy atom. The zero-order valence-electron chi connectivity index (χ0n) is 12.7. The van der Waals surface area contributed by atoms with Crippen molar-refractivity contribution in [3.8, 4) is 17.6 Å². The molecule has 0 aliphatic heterocycles. The molecule has 0 aromatic heterocycles. The lowest BCUT2D eigenvalue weighted by Gasteiger charge is -2.13. The average Bonchev–Trinajstić information content (AvgIpc) is 2.52. The van der Waals surface area contributed by atoms with Crippen molar-refractivity contribution in [1.29, 1.82) is 5.26 Å². The number of nitrogens with one attached hydrogen (secondary N) is 1. The highest BCUT2D eigenvalue weighted by Gasteiger charge is 2.20. The van der Waals surface area contributed by atoms with Crippen molar-refractivity contribution < 1.29 is 13.2 Å². The summed E-state index contributed by atoms with van der Waals surface area (Å²) < 4.78 is 32.7. The Bertz CT molecular complexity index is 878. The second-order valence-electron chi connectivity index (χ2n) is 4.67. The molecule has 0 atom stereocenters. The Morgan fingerprint density at radius 3 is 2.36 bits per heavy atom. The zero-order valence-corrected chi connectivity index (χ0v) is 15.8. The summed E-state index contributed by atoms with van der Waals surface area (Å²) in [6, 6.07) is 10.5. The Kier molecular flexibility index (Phi) is 7.96. The Hall–Kier alpha value is -1.53. The molecule has 6 nitrogen and oxygen atoms in total. The quantitative estimate of drug-likeness (QED) is 0.743. The van der Waals surface area contributed by atoms with Crippen LogP contribution in [0.2, 0.25) is 10.0 Å². The molecule has 0 aliphatic rings. The van der Waals surface area contributed by atoms with Gasteiger partial charge in [0.05, 0.1) is 11.6 Å². The standard InChI is InChI=1S/C15H13Cl2N3O3S.ClH/c16-11-6-12(17)8-13(7-11)23-14-2-1-10(9-19)5-15(14)24(21,22)20-4-3-18;/h1-2,5-8,20H,3-4,18H2;1H. The summed E-state index contributed by atoms with van der Waals surface area (Å²) in [6.45, 7) is 0.193. The zero-order chi connectivity index (χ0) is 17.7. The van der Waals surface area contributed by atoms with Crippen LogP contribution >= 0.6 is 35.6 Å². The maximum Gasteiger partial charge on any atom is 0.244 e. The number of nitrogens with zero attached hydrogens (tertiary/aromatic N) is 1. The molecule has 0 unspecified atom stereocenters. The van der Waals surface area contributed by atoms with Gasteiger partial charge in [-0.1, -0.05) is 23.2 Å². The summed E-state index contributed by atoms with van der Waals surface area (Å²) in [6.07, 6.45) is 0. The molecule has 0 spiro atoms. The highest BCUT2D eigenvalue weighted by atomic mass is 35.5. The van der Waals surface area contributed by atoms with Crippen molar-refractivity contribution in [2.45, 2.75) is 4.90 Å². The van der Waals surface area contributed by atoms with E-state index in [1.165, 1.54) is 36.4 Å². The lowest BCUT2D eigenvalue weighted by Crippen LogP contribution is -2.29. The molecule has 0 radical (unpaired) electrons. The molecule has 0 aliphatic carbocycles. The number of hydrogen-bond acceptors (Lipinski definition) is 5. The van der Waals surface area contributed by atoms with Gasteiger partial charge >= 0.3 is 0 Å². The summed E-state index contributed by atoms with van der Waals surface area (Å²) in [5.41, 5.74) is 5.51. The largest absolute Gasteiger partial charge is 0.456 e. The van der Waals surface area contributed by atoms with Gasteiger partial charge in [-0.2, -0.15) is 5.26 Å². The maximum atomic E-state index is 12.4. The Balaban J connectivity index is 0.00000312. The second-order valence-corrected chi connectivity index (χ2v) is 7.28. The third-order valence-corrected chi connectivity index (χ3v) is 4.78. The molecule has 0 saturated heterocycles. The van der Waals surface area contributed by atoms with Crippen LogP contribution in [0.3, 0.4) is 0 Å². The highest BCUT2D eigenvalue weighted by Crippen LogP contribution is 2.32.